The highest BCUT2D eigenvalue weighted by Gasteiger charge is 2.44. The van der Waals surface area contributed by atoms with Crippen LogP contribution in [0.1, 0.15) is 212 Å². The van der Waals surface area contributed by atoms with Gasteiger partial charge in [0.2, 0.25) is 7.28 Å². The van der Waals surface area contributed by atoms with Crippen LogP contribution in [0.25, 0.3) is 63.3 Å². The third-order valence-electron chi connectivity index (χ3n) is 22.5. The van der Waals surface area contributed by atoms with Crippen molar-refractivity contribution in [2.75, 3.05) is 10.2 Å². The molecule has 0 atom stereocenters. The van der Waals surface area contributed by atoms with E-state index in [2.05, 4.69) is 232 Å². The molecule has 0 saturated carbocycles. The van der Waals surface area contributed by atoms with Gasteiger partial charge in [0.25, 0.3) is 0 Å². The summed E-state index contributed by atoms with van der Waals surface area (Å²) in [6.07, 6.45) is 9.37. The van der Waals surface area contributed by atoms with E-state index in [9.17, 15) is 0 Å². The van der Waals surface area contributed by atoms with Crippen molar-refractivity contribution in [3.8, 4) is 11.1 Å². The Morgan fingerprint density at radius 2 is 0.928 bits per heavy atom. The van der Waals surface area contributed by atoms with Gasteiger partial charge in [0, 0.05) is 59.0 Å². The van der Waals surface area contributed by atoms with E-state index in [1.807, 2.05) is 22.7 Å². The number of rotatable bonds is 4. The third kappa shape index (κ3) is 7.91. The molecular formula is C77H84BN2OS2. The van der Waals surface area contributed by atoms with Gasteiger partial charge in [0.1, 0.15) is 11.2 Å². The SMILES string of the molecule is Cc1cc2c(cc1N1c3c(sc4cc5c(cc34)C(C)(C)CCC5(C)C)[B]c3c(-c4cc5oc6cc7c(cc6c5cc4Nc4ccc5c(c4)C(C)(C)CCC5(C)C)C(C)(C)CCC7(C)C)cc4c(sc5ccccc54)c31)C(C)(C)CCC2(C)C. The topological polar surface area (TPSA) is 28.4 Å². The number of nitrogens with zero attached hydrogens (tertiary/aromatic N) is 1. The fourth-order valence-electron chi connectivity index (χ4n) is 16.4. The van der Waals surface area contributed by atoms with E-state index in [-0.39, 0.29) is 43.3 Å². The molecule has 1 aliphatic heterocycles. The third-order valence-corrected chi connectivity index (χ3v) is 24.8. The number of hydrogen-bond donors (Lipinski definition) is 1. The molecule has 0 bridgehead atoms. The first kappa shape index (κ1) is 53.9. The van der Waals surface area contributed by atoms with E-state index < -0.39 is 0 Å². The zero-order valence-electron chi connectivity index (χ0n) is 52.6. The molecule has 0 fully saturated rings. The van der Waals surface area contributed by atoms with E-state index in [0.717, 1.165) is 59.2 Å². The summed E-state index contributed by atoms with van der Waals surface area (Å²) in [5.41, 5.74) is 25.4. The number of fused-ring (bicyclic) bond motifs is 15. The Labute approximate surface area is 502 Å². The van der Waals surface area contributed by atoms with Gasteiger partial charge in [-0.3, -0.25) is 0 Å². The maximum atomic E-state index is 7.29. The molecule has 3 aromatic heterocycles. The van der Waals surface area contributed by atoms with Gasteiger partial charge in [-0.15, -0.1) is 22.7 Å². The predicted molar refractivity (Wildman–Crippen MR) is 363 cm³/mol. The standard InChI is InChI=1S/C77H84BN2OS2/c1-42-32-52-56(75(12,13)29-26-71(52,4)5)39-60(42)80-66-50-36-55-58(77(16,17)31-28-74(55,10)11)41-64(50)83-69(66)78-65-48(34-49-44-20-18-19-21-63(44)82-68(49)67(65)80)45-38-61-47(46-35-54-57(40-62(46)81-61)76(14,15)30-27-73(54,8)9)37-59(45)79-43-22-23-51-53(33-43)72(6,7)25-24-70(51,2)3/h18-23,32-41,79H,24-31H2,1-17H3. The monoisotopic (exact) mass is 1130 g/mol. The average Bonchev–Trinajstić information content (AvgIpc) is 2.00. The van der Waals surface area contributed by atoms with Crippen LogP contribution in [0.3, 0.4) is 0 Å². The molecule has 0 unspecified atom stereocenters. The van der Waals surface area contributed by atoms with Gasteiger partial charge in [-0.25, -0.2) is 0 Å². The maximum absolute atomic E-state index is 7.29. The van der Waals surface area contributed by atoms with Crippen molar-refractivity contribution in [3.63, 3.8) is 0 Å². The maximum Gasteiger partial charge on any atom is 0.211 e. The second-order valence-corrected chi connectivity index (χ2v) is 34.0. The summed E-state index contributed by atoms with van der Waals surface area (Å²) in [6.45, 7) is 41.8. The van der Waals surface area contributed by atoms with Gasteiger partial charge in [-0.1, -0.05) is 141 Å². The second kappa shape index (κ2) is 17.2. The van der Waals surface area contributed by atoms with Crippen LogP contribution in [0.5, 0.6) is 0 Å². The Balaban J connectivity index is 1.06. The minimum Gasteiger partial charge on any atom is -0.456 e. The van der Waals surface area contributed by atoms with E-state index in [1.54, 1.807) is 0 Å². The molecule has 5 aliphatic rings. The van der Waals surface area contributed by atoms with Gasteiger partial charge >= 0.3 is 0 Å². The van der Waals surface area contributed by atoms with Crippen molar-refractivity contribution in [1.29, 1.82) is 0 Å². The summed E-state index contributed by atoms with van der Waals surface area (Å²) in [5.74, 6) is 0. The van der Waals surface area contributed by atoms with Crippen LogP contribution in [-0.4, -0.2) is 7.28 Å². The zero-order chi connectivity index (χ0) is 58.2. The molecule has 4 aliphatic carbocycles. The average molecular weight is 1130 g/mol. The van der Waals surface area contributed by atoms with Crippen molar-refractivity contribution in [2.24, 2.45) is 0 Å². The molecule has 4 heterocycles. The van der Waals surface area contributed by atoms with Crippen LogP contribution in [-0.2, 0) is 43.3 Å². The number of hydrogen-bond acceptors (Lipinski definition) is 5. The van der Waals surface area contributed by atoms with Gasteiger partial charge in [-0.2, -0.15) is 0 Å². The smallest absolute Gasteiger partial charge is 0.211 e. The number of aryl methyl sites for hydroxylation is 1. The van der Waals surface area contributed by atoms with Crippen molar-refractivity contribution >= 4 is 121 Å². The minimum absolute atomic E-state index is 0.0239. The first-order valence-corrected chi connectivity index (χ1v) is 32.9. The summed E-state index contributed by atoms with van der Waals surface area (Å²) in [4.78, 5) is 2.79. The van der Waals surface area contributed by atoms with Gasteiger partial charge < -0.3 is 14.6 Å². The van der Waals surface area contributed by atoms with Crippen LogP contribution in [0.15, 0.2) is 101 Å². The van der Waals surface area contributed by atoms with Gasteiger partial charge in [0.05, 0.1) is 16.1 Å². The Morgan fingerprint density at radius 1 is 0.422 bits per heavy atom. The first-order chi connectivity index (χ1) is 38.9. The summed E-state index contributed by atoms with van der Waals surface area (Å²) >= 11 is 3.95. The fraction of sp³-hybridized carbons (Fsp3) is 0.429. The van der Waals surface area contributed by atoms with Gasteiger partial charge in [0.15, 0.2) is 0 Å². The van der Waals surface area contributed by atoms with Crippen LogP contribution >= 0.6 is 22.7 Å². The van der Waals surface area contributed by atoms with Crippen molar-refractivity contribution in [2.45, 2.75) is 212 Å². The Bertz CT molecular complexity index is 4480. The summed E-state index contributed by atoms with van der Waals surface area (Å²) in [6, 6.07) is 39.3. The van der Waals surface area contributed by atoms with E-state index >= 15 is 0 Å². The molecule has 1 N–H and O–H groups in total. The minimum atomic E-state index is 0.0239. The van der Waals surface area contributed by atoms with Crippen LogP contribution in [0.2, 0.25) is 0 Å². The zero-order valence-corrected chi connectivity index (χ0v) is 54.3. The van der Waals surface area contributed by atoms with Crippen LogP contribution < -0.4 is 20.5 Å². The molecule has 6 heteroatoms. The van der Waals surface area contributed by atoms with Crippen molar-refractivity contribution in [3.05, 3.63) is 147 Å². The molecule has 1 radical (unpaired) electrons. The number of nitrogens with one attached hydrogen (secondary N) is 1. The van der Waals surface area contributed by atoms with Gasteiger partial charge in [-0.05, 0) is 234 Å². The highest BCUT2D eigenvalue weighted by Crippen LogP contribution is 2.57. The van der Waals surface area contributed by atoms with Crippen molar-refractivity contribution < 1.29 is 4.42 Å². The summed E-state index contributed by atoms with van der Waals surface area (Å²) in [5, 5.41) is 10.6. The molecule has 15 rings (SSSR count). The molecule has 10 aromatic rings. The molecule has 3 nitrogen and oxygen atoms in total. The Hall–Kier alpha value is -5.82. The lowest BCUT2D eigenvalue weighted by Gasteiger charge is -2.44. The van der Waals surface area contributed by atoms with E-state index in [1.165, 1.54) is 144 Å². The Kier molecular flexibility index (Phi) is 11.2. The number of furan rings is 1. The highest BCUT2D eigenvalue weighted by molar-refractivity contribution is 7.30. The summed E-state index contributed by atoms with van der Waals surface area (Å²) < 4.78 is 12.6. The molecule has 7 aromatic carbocycles. The lowest BCUT2D eigenvalue weighted by Crippen LogP contribution is -2.40. The lowest BCUT2D eigenvalue weighted by atomic mass is 9.61. The van der Waals surface area contributed by atoms with Crippen LogP contribution in [0.4, 0.5) is 28.4 Å². The van der Waals surface area contributed by atoms with Crippen molar-refractivity contribution in [1.82, 2.24) is 0 Å². The molecule has 0 saturated heterocycles. The van der Waals surface area contributed by atoms with E-state index in [0.29, 0.717) is 0 Å². The lowest BCUT2D eigenvalue weighted by molar-refractivity contribution is 0.332. The summed E-state index contributed by atoms with van der Waals surface area (Å²) in [7, 11) is 2.61. The normalized spacial score (nSPS) is 20.8. The van der Waals surface area contributed by atoms with Crippen LogP contribution in [0, 0.1) is 6.92 Å². The number of thiophene rings is 2. The number of anilines is 5. The largest absolute Gasteiger partial charge is 0.456 e. The number of benzene rings is 7. The van der Waals surface area contributed by atoms with E-state index in [4.69, 9.17) is 4.42 Å². The predicted octanol–water partition coefficient (Wildman–Crippen LogP) is 21.7. The molecule has 0 amide bonds. The molecule has 0 spiro atoms. The fourth-order valence-corrected chi connectivity index (χ4v) is 18.8. The highest BCUT2D eigenvalue weighted by atomic mass is 32.1. The molecular weight excluding hydrogens is 1040 g/mol. The first-order valence-electron chi connectivity index (χ1n) is 31.3. The molecule has 83 heavy (non-hydrogen) atoms. The molecule has 423 valence electrons. The quantitative estimate of drug-likeness (QED) is 0.178. The second-order valence-electron chi connectivity index (χ2n) is 31.9. The Morgan fingerprint density at radius 3 is 1.55 bits per heavy atom.